The van der Waals surface area contributed by atoms with Gasteiger partial charge in [-0.2, -0.15) is 0 Å². The number of halogens is 1. The molecule has 29 heavy (non-hydrogen) atoms. The summed E-state index contributed by atoms with van der Waals surface area (Å²) in [4.78, 5) is 24.1. The smallest absolute Gasteiger partial charge is 0.284 e. The van der Waals surface area contributed by atoms with Crippen molar-refractivity contribution in [1.82, 2.24) is 0 Å². The predicted octanol–water partition coefficient (Wildman–Crippen LogP) is 5.23. The number of benzene rings is 2. The second-order valence-corrected chi connectivity index (χ2v) is 6.23. The fourth-order valence-corrected chi connectivity index (χ4v) is 2.84. The van der Waals surface area contributed by atoms with E-state index >= 15 is 0 Å². The summed E-state index contributed by atoms with van der Waals surface area (Å²) in [6.07, 6.45) is 3.23. The molecule has 3 rings (SSSR count). The van der Waals surface area contributed by atoms with E-state index in [0.717, 1.165) is 0 Å². The summed E-state index contributed by atoms with van der Waals surface area (Å²) in [6, 6.07) is 14.3. The van der Waals surface area contributed by atoms with E-state index < -0.39 is 10.7 Å². The fraction of sp³-hybridized carbons (Fsp3) is 0.0952. The first-order valence-corrected chi connectivity index (χ1v) is 8.85. The van der Waals surface area contributed by atoms with Crippen molar-refractivity contribution in [2.45, 2.75) is 0 Å². The number of carbonyl (C=O) groups is 1. The molecule has 0 aliphatic rings. The highest BCUT2D eigenvalue weighted by Crippen LogP contribution is 2.35. The van der Waals surface area contributed by atoms with Crippen molar-refractivity contribution in [1.29, 1.82) is 0 Å². The van der Waals surface area contributed by atoms with Gasteiger partial charge in [0.2, 0.25) is 5.78 Å². The molecule has 0 saturated carbocycles. The van der Waals surface area contributed by atoms with Crippen molar-refractivity contribution in [3.05, 3.63) is 92.4 Å². The summed E-state index contributed by atoms with van der Waals surface area (Å²) < 4.78 is 15.8. The van der Waals surface area contributed by atoms with Crippen LogP contribution in [0, 0.1) is 10.1 Å². The van der Waals surface area contributed by atoms with Crippen LogP contribution in [0.3, 0.4) is 0 Å². The minimum Gasteiger partial charge on any atom is -0.466 e. The van der Waals surface area contributed by atoms with E-state index in [9.17, 15) is 14.9 Å². The maximum absolute atomic E-state index is 13.1. The minimum absolute atomic E-state index is 0.0452. The lowest BCUT2D eigenvalue weighted by molar-refractivity contribution is -0.385. The van der Waals surface area contributed by atoms with Crippen LogP contribution < -0.4 is 4.74 Å². The SMILES string of the molecule is COCOc1c(C=Cc2ccc(Cl)o2)ccc([N+](=O)[O-])c1C(=O)c1ccccc1. The molecule has 0 aliphatic carbocycles. The van der Waals surface area contributed by atoms with Crippen LogP contribution in [-0.2, 0) is 4.74 Å². The van der Waals surface area contributed by atoms with Crippen LogP contribution in [-0.4, -0.2) is 24.6 Å². The molecule has 0 fully saturated rings. The van der Waals surface area contributed by atoms with Crippen molar-refractivity contribution >= 4 is 35.2 Å². The number of hydrogen-bond donors (Lipinski definition) is 0. The van der Waals surface area contributed by atoms with Crippen LogP contribution in [0.4, 0.5) is 5.69 Å². The van der Waals surface area contributed by atoms with Crippen molar-refractivity contribution < 1.29 is 23.6 Å². The van der Waals surface area contributed by atoms with Gasteiger partial charge in [-0.05, 0) is 42.0 Å². The van der Waals surface area contributed by atoms with Gasteiger partial charge in [-0.25, -0.2) is 0 Å². The third kappa shape index (κ3) is 4.71. The molecule has 7 nitrogen and oxygen atoms in total. The first kappa shape index (κ1) is 20.3. The van der Waals surface area contributed by atoms with Crippen molar-refractivity contribution in [3.63, 3.8) is 0 Å². The van der Waals surface area contributed by atoms with Gasteiger partial charge >= 0.3 is 0 Å². The minimum atomic E-state index is -0.615. The van der Waals surface area contributed by atoms with Crippen molar-refractivity contribution in [2.24, 2.45) is 0 Å². The van der Waals surface area contributed by atoms with E-state index in [4.69, 9.17) is 25.5 Å². The third-order valence-corrected chi connectivity index (χ3v) is 4.17. The molecule has 0 N–H and O–H groups in total. The average Bonchev–Trinajstić information content (AvgIpc) is 3.15. The number of ether oxygens (including phenoxy) is 2. The molecule has 0 aliphatic heterocycles. The predicted molar refractivity (Wildman–Crippen MR) is 108 cm³/mol. The van der Waals surface area contributed by atoms with Crippen LogP contribution in [0.5, 0.6) is 5.75 Å². The quantitative estimate of drug-likeness (QED) is 0.217. The summed E-state index contributed by atoms with van der Waals surface area (Å²) >= 11 is 5.77. The van der Waals surface area contributed by atoms with E-state index in [1.54, 1.807) is 54.6 Å². The van der Waals surface area contributed by atoms with Crippen LogP contribution in [0.15, 0.2) is 59.0 Å². The molecule has 0 bridgehead atoms. The van der Waals surface area contributed by atoms with Crippen molar-refractivity contribution in [2.75, 3.05) is 13.9 Å². The molecule has 148 valence electrons. The highest BCUT2D eigenvalue weighted by molar-refractivity contribution is 6.28. The number of nitrogens with zero attached hydrogens (tertiary/aromatic N) is 1. The van der Waals surface area contributed by atoms with Crippen LogP contribution >= 0.6 is 11.6 Å². The Hall–Kier alpha value is -3.42. The van der Waals surface area contributed by atoms with Gasteiger partial charge in [-0.15, -0.1) is 0 Å². The number of rotatable bonds is 8. The van der Waals surface area contributed by atoms with Gasteiger partial charge in [-0.3, -0.25) is 14.9 Å². The van der Waals surface area contributed by atoms with Gasteiger partial charge in [0.15, 0.2) is 12.0 Å². The van der Waals surface area contributed by atoms with Gasteiger partial charge in [0, 0.05) is 24.3 Å². The molecule has 3 aromatic rings. The Labute approximate surface area is 171 Å². The lowest BCUT2D eigenvalue weighted by Crippen LogP contribution is -2.11. The Morgan fingerprint density at radius 1 is 1.14 bits per heavy atom. The summed E-state index contributed by atoms with van der Waals surface area (Å²) in [5.74, 6) is -0.00881. The van der Waals surface area contributed by atoms with Crippen LogP contribution in [0.25, 0.3) is 12.2 Å². The molecule has 8 heteroatoms. The zero-order valence-corrected chi connectivity index (χ0v) is 16.1. The molecule has 1 aromatic heterocycles. The number of furan rings is 1. The van der Waals surface area contributed by atoms with Crippen molar-refractivity contribution in [3.8, 4) is 5.75 Å². The van der Waals surface area contributed by atoms with E-state index in [1.807, 2.05) is 0 Å². The zero-order chi connectivity index (χ0) is 20.8. The Bertz CT molecular complexity index is 1060. The van der Waals surface area contributed by atoms with Crippen LogP contribution in [0.1, 0.15) is 27.2 Å². The number of hydrogen-bond acceptors (Lipinski definition) is 6. The molecule has 0 spiro atoms. The van der Waals surface area contributed by atoms with Crippen LogP contribution in [0.2, 0.25) is 5.22 Å². The second-order valence-electron chi connectivity index (χ2n) is 5.86. The summed E-state index contributed by atoms with van der Waals surface area (Å²) in [7, 11) is 1.41. The number of carbonyl (C=O) groups excluding carboxylic acids is 1. The van der Waals surface area contributed by atoms with Gasteiger partial charge < -0.3 is 13.9 Å². The van der Waals surface area contributed by atoms with Gasteiger partial charge in [0.25, 0.3) is 5.69 Å². The lowest BCUT2D eigenvalue weighted by Gasteiger charge is -2.13. The molecule has 0 saturated heterocycles. The Morgan fingerprint density at radius 2 is 1.90 bits per heavy atom. The monoisotopic (exact) mass is 413 g/mol. The van der Waals surface area contributed by atoms with E-state index in [1.165, 1.54) is 19.2 Å². The Balaban J connectivity index is 2.15. The third-order valence-electron chi connectivity index (χ3n) is 3.97. The Morgan fingerprint density at radius 3 is 2.52 bits per heavy atom. The maximum atomic E-state index is 13.1. The number of ketones is 1. The first-order valence-electron chi connectivity index (χ1n) is 8.47. The first-order chi connectivity index (χ1) is 14.0. The number of nitro groups is 1. The average molecular weight is 414 g/mol. The van der Waals surface area contributed by atoms with Gasteiger partial charge in [0.1, 0.15) is 17.1 Å². The van der Waals surface area contributed by atoms with E-state index in [0.29, 0.717) is 16.9 Å². The van der Waals surface area contributed by atoms with E-state index in [-0.39, 0.29) is 29.0 Å². The largest absolute Gasteiger partial charge is 0.466 e. The fourth-order valence-electron chi connectivity index (χ4n) is 2.69. The standard InChI is InChI=1S/C21H16ClNO6/c1-27-13-28-21-15(7-9-16-10-12-18(22)29-16)8-11-17(23(25)26)19(21)20(24)14-5-3-2-4-6-14/h2-12H,13H2,1H3. The lowest BCUT2D eigenvalue weighted by atomic mass is 9.97. The molecule has 1 heterocycles. The molecular formula is C21H16ClNO6. The second kappa shape index (κ2) is 9.18. The van der Waals surface area contributed by atoms with E-state index in [2.05, 4.69) is 0 Å². The summed E-state index contributed by atoms with van der Waals surface area (Å²) in [5, 5.41) is 11.8. The molecular weight excluding hydrogens is 398 g/mol. The normalized spacial score (nSPS) is 11.0. The van der Waals surface area contributed by atoms with Gasteiger partial charge in [0.05, 0.1) is 4.92 Å². The molecule has 0 atom stereocenters. The molecule has 0 unspecified atom stereocenters. The summed E-state index contributed by atoms with van der Waals surface area (Å²) in [5.41, 5.74) is 0.234. The summed E-state index contributed by atoms with van der Waals surface area (Å²) in [6.45, 7) is -0.191. The Kier molecular flexibility index (Phi) is 6.43. The highest BCUT2D eigenvalue weighted by atomic mass is 35.5. The highest BCUT2D eigenvalue weighted by Gasteiger charge is 2.28. The molecule has 2 aromatic carbocycles. The topological polar surface area (TPSA) is 91.8 Å². The number of nitro benzene ring substituents is 1. The molecule has 0 amide bonds. The van der Waals surface area contributed by atoms with Gasteiger partial charge in [-0.1, -0.05) is 30.3 Å². The molecule has 0 radical (unpaired) electrons. The maximum Gasteiger partial charge on any atom is 0.284 e. The number of methoxy groups -OCH3 is 1. The zero-order valence-electron chi connectivity index (χ0n) is 15.3.